The van der Waals surface area contributed by atoms with Crippen LogP contribution in [-0.4, -0.2) is 16.7 Å². The fourth-order valence-electron chi connectivity index (χ4n) is 1.74. The predicted molar refractivity (Wildman–Crippen MR) is 54.2 cm³/mol. The molecule has 3 heteroatoms. The SMILES string of the molecule is OCCCc1nc2c(s1)CCCC2. The Balaban J connectivity index is 2.07. The molecule has 1 N–H and O–H groups in total. The van der Waals surface area contributed by atoms with Crippen LogP contribution in [0.5, 0.6) is 0 Å². The molecule has 72 valence electrons. The lowest BCUT2D eigenvalue weighted by molar-refractivity contribution is 0.288. The highest BCUT2D eigenvalue weighted by Gasteiger charge is 2.14. The van der Waals surface area contributed by atoms with E-state index >= 15 is 0 Å². The van der Waals surface area contributed by atoms with Crippen LogP contribution in [-0.2, 0) is 19.3 Å². The third-order valence-corrected chi connectivity index (χ3v) is 3.66. The summed E-state index contributed by atoms with van der Waals surface area (Å²) in [4.78, 5) is 6.09. The molecule has 0 fully saturated rings. The molecule has 1 heterocycles. The van der Waals surface area contributed by atoms with Gasteiger partial charge in [0, 0.05) is 17.9 Å². The first kappa shape index (κ1) is 9.16. The number of aryl methyl sites for hydroxylation is 3. The first-order valence-electron chi connectivity index (χ1n) is 4.98. The van der Waals surface area contributed by atoms with Gasteiger partial charge in [0.1, 0.15) is 0 Å². The van der Waals surface area contributed by atoms with Crippen molar-refractivity contribution in [1.82, 2.24) is 4.98 Å². The summed E-state index contributed by atoms with van der Waals surface area (Å²) >= 11 is 1.85. The zero-order valence-electron chi connectivity index (χ0n) is 7.75. The second-order valence-electron chi connectivity index (χ2n) is 3.51. The minimum atomic E-state index is 0.282. The molecule has 0 amide bonds. The molecular formula is C10H15NOS. The molecule has 0 saturated heterocycles. The number of aliphatic hydroxyl groups excluding tert-OH is 1. The maximum absolute atomic E-state index is 8.71. The van der Waals surface area contributed by atoms with E-state index in [2.05, 4.69) is 4.98 Å². The largest absolute Gasteiger partial charge is 0.396 e. The molecule has 0 atom stereocenters. The smallest absolute Gasteiger partial charge is 0.0931 e. The Morgan fingerprint density at radius 2 is 2.15 bits per heavy atom. The highest BCUT2D eigenvalue weighted by Crippen LogP contribution is 2.27. The van der Waals surface area contributed by atoms with E-state index in [1.54, 1.807) is 0 Å². The molecule has 0 saturated carbocycles. The normalized spacial score (nSPS) is 15.8. The molecule has 0 spiro atoms. The Labute approximate surface area is 82.6 Å². The van der Waals surface area contributed by atoms with Crippen molar-refractivity contribution in [1.29, 1.82) is 0 Å². The van der Waals surface area contributed by atoms with Gasteiger partial charge in [-0.15, -0.1) is 11.3 Å². The zero-order valence-corrected chi connectivity index (χ0v) is 8.57. The van der Waals surface area contributed by atoms with Crippen molar-refractivity contribution in [3.05, 3.63) is 15.6 Å². The van der Waals surface area contributed by atoms with Crippen LogP contribution in [0.1, 0.15) is 34.8 Å². The van der Waals surface area contributed by atoms with Crippen molar-refractivity contribution in [2.75, 3.05) is 6.61 Å². The Hall–Kier alpha value is -0.410. The fourth-order valence-corrected chi connectivity index (χ4v) is 2.94. The molecule has 1 aromatic heterocycles. The molecule has 0 radical (unpaired) electrons. The van der Waals surface area contributed by atoms with Crippen LogP contribution in [0.2, 0.25) is 0 Å². The summed E-state index contributed by atoms with van der Waals surface area (Å²) in [6.07, 6.45) is 6.84. The van der Waals surface area contributed by atoms with Gasteiger partial charge in [-0.25, -0.2) is 4.98 Å². The number of rotatable bonds is 3. The van der Waals surface area contributed by atoms with E-state index in [-0.39, 0.29) is 6.61 Å². The van der Waals surface area contributed by atoms with Gasteiger partial charge >= 0.3 is 0 Å². The second kappa shape index (κ2) is 4.20. The highest BCUT2D eigenvalue weighted by molar-refractivity contribution is 7.11. The van der Waals surface area contributed by atoms with Crippen LogP contribution in [0.3, 0.4) is 0 Å². The minimum absolute atomic E-state index is 0.282. The number of thiazole rings is 1. The maximum atomic E-state index is 8.71. The quantitative estimate of drug-likeness (QED) is 0.803. The summed E-state index contributed by atoms with van der Waals surface area (Å²) < 4.78 is 0. The second-order valence-corrected chi connectivity index (χ2v) is 4.68. The average molecular weight is 197 g/mol. The van der Waals surface area contributed by atoms with Crippen molar-refractivity contribution in [2.45, 2.75) is 38.5 Å². The molecule has 1 aliphatic rings. The van der Waals surface area contributed by atoms with Crippen molar-refractivity contribution in [3.8, 4) is 0 Å². The Kier molecular flexibility index (Phi) is 2.96. The molecule has 1 aliphatic carbocycles. The molecule has 2 nitrogen and oxygen atoms in total. The first-order chi connectivity index (χ1) is 6.40. The van der Waals surface area contributed by atoms with Gasteiger partial charge in [-0.2, -0.15) is 0 Å². The van der Waals surface area contributed by atoms with Gasteiger partial charge in [-0.3, -0.25) is 0 Å². The number of aliphatic hydroxyl groups is 1. The van der Waals surface area contributed by atoms with Gasteiger partial charge in [0.2, 0.25) is 0 Å². The molecular weight excluding hydrogens is 182 g/mol. The van der Waals surface area contributed by atoms with Gasteiger partial charge < -0.3 is 5.11 Å². The topological polar surface area (TPSA) is 33.1 Å². The van der Waals surface area contributed by atoms with E-state index in [0.29, 0.717) is 0 Å². The monoisotopic (exact) mass is 197 g/mol. The number of fused-ring (bicyclic) bond motifs is 1. The van der Waals surface area contributed by atoms with E-state index in [4.69, 9.17) is 5.11 Å². The summed E-state index contributed by atoms with van der Waals surface area (Å²) in [5, 5.41) is 9.93. The Morgan fingerprint density at radius 3 is 2.92 bits per heavy atom. The summed E-state index contributed by atoms with van der Waals surface area (Å²) in [7, 11) is 0. The lowest BCUT2D eigenvalue weighted by atomic mass is 10.0. The van der Waals surface area contributed by atoms with Crippen LogP contribution in [0.4, 0.5) is 0 Å². The van der Waals surface area contributed by atoms with Gasteiger partial charge in [0.05, 0.1) is 10.7 Å². The lowest BCUT2D eigenvalue weighted by Gasteiger charge is -2.06. The van der Waals surface area contributed by atoms with E-state index in [1.165, 1.54) is 41.3 Å². The van der Waals surface area contributed by atoms with Crippen LogP contribution >= 0.6 is 11.3 Å². The van der Waals surface area contributed by atoms with Gasteiger partial charge in [0.15, 0.2) is 0 Å². The molecule has 0 aliphatic heterocycles. The van der Waals surface area contributed by atoms with E-state index in [0.717, 1.165) is 12.8 Å². The molecule has 13 heavy (non-hydrogen) atoms. The van der Waals surface area contributed by atoms with Gasteiger partial charge in [-0.1, -0.05) is 0 Å². The number of hydrogen-bond donors (Lipinski definition) is 1. The van der Waals surface area contributed by atoms with Crippen molar-refractivity contribution < 1.29 is 5.11 Å². The van der Waals surface area contributed by atoms with Crippen LogP contribution in [0.25, 0.3) is 0 Å². The van der Waals surface area contributed by atoms with E-state index in [1.807, 2.05) is 11.3 Å². The molecule has 0 aromatic carbocycles. The standard InChI is InChI=1S/C10H15NOS/c12-7-3-6-10-11-8-4-1-2-5-9(8)13-10/h12H,1-7H2. The summed E-state index contributed by atoms with van der Waals surface area (Å²) in [6.45, 7) is 0.282. The molecule has 0 unspecified atom stereocenters. The van der Waals surface area contributed by atoms with Gasteiger partial charge in [-0.05, 0) is 32.1 Å². The zero-order chi connectivity index (χ0) is 9.10. The molecule has 2 rings (SSSR count). The minimum Gasteiger partial charge on any atom is -0.396 e. The van der Waals surface area contributed by atoms with Crippen molar-refractivity contribution >= 4 is 11.3 Å². The molecule has 0 bridgehead atoms. The van der Waals surface area contributed by atoms with Crippen molar-refractivity contribution in [2.24, 2.45) is 0 Å². The summed E-state index contributed by atoms with van der Waals surface area (Å²) in [5.74, 6) is 0. The third-order valence-electron chi connectivity index (χ3n) is 2.44. The number of hydrogen-bond acceptors (Lipinski definition) is 3. The molecule has 1 aromatic rings. The van der Waals surface area contributed by atoms with Gasteiger partial charge in [0.25, 0.3) is 0 Å². The van der Waals surface area contributed by atoms with Crippen LogP contribution in [0, 0.1) is 0 Å². The van der Waals surface area contributed by atoms with Crippen LogP contribution < -0.4 is 0 Å². The third kappa shape index (κ3) is 2.09. The predicted octanol–water partition coefficient (Wildman–Crippen LogP) is 1.95. The van der Waals surface area contributed by atoms with Crippen molar-refractivity contribution in [3.63, 3.8) is 0 Å². The number of nitrogens with zero attached hydrogens (tertiary/aromatic N) is 1. The van der Waals surface area contributed by atoms with Crippen LogP contribution in [0.15, 0.2) is 0 Å². The Bertz CT molecular complexity index is 259. The summed E-state index contributed by atoms with van der Waals surface area (Å²) in [5.41, 5.74) is 1.34. The number of aromatic nitrogens is 1. The lowest BCUT2D eigenvalue weighted by Crippen LogP contribution is -1.99. The van der Waals surface area contributed by atoms with E-state index < -0.39 is 0 Å². The highest BCUT2D eigenvalue weighted by atomic mass is 32.1. The van der Waals surface area contributed by atoms with E-state index in [9.17, 15) is 0 Å². The maximum Gasteiger partial charge on any atom is 0.0931 e. The first-order valence-corrected chi connectivity index (χ1v) is 5.80. The summed E-state index contributed by atoms with van der Waals surface area (Å²) in [6, 6.07) is 0. The Morgan fingerprint density at radius 1 is 1.31 bits per heavy atom. The fraction of sp³-hybridized carbons (Fsp3) is 0.700. The average Bonchev–Trinajstić information content (AvgIpc) is 2.57.